The molecule has 0 saturated heterocycles. The number of methoxy groups -OCH3 is 1. The van der Waals surface area contributed by atoms with Gasteiger partial charge >= 0.3 is 0 Å². The van der Waals surface area contributed by atoms with Crippen LogP contribution in [0.15, 0.2) is 66.0 Å². The van der Waals surface area contributed by atoms with E-state index in [1.807, 2.05) is 6.07 Å². The minimum absolute atomic E-state index is 0. The maximum absolute atomic E-state index is 5.35. The van der Waals surface area contributed by atoms with Gasteiger partial charge in [0, 0.05) is 24.5 Å². The molecule has 0 aromatic heterocycles. The van der Waals surface area contributed by atoms with Crippen LogP contribution in [0.1, 0.15) is 31.9 Å². The summed E-state index contributed by atoms with van der Waals surface area (Å²) < 4.78 is 5.35. The molecule has 1 aliphatic heterocycles. The lowest BCUT2D eigenvalue weighted by atomic mass is 10.2. The van der Waals surface area contributed by atoms with Gasteiger partial charge in [0.2, 0.25) is 0 Å². The monoisotopic (exact) mass is 358 g/mol. The largest absolute Gasteiger partial charge is 0.497 e. The summed E-state index contributed by atoms with van der Waals surface area (Å²) in [7, 11) is 1.72. The molecule has 0 spiro atoms. The van der Waals surface area contributed by atoms with Crippen molar-refractivity contribution in [3.63, 3.8) is 0 Å². The summed E-state index contributed by atoms with van der Waals surface area (Å²) in [4.78, 5) is 4.94. The minimum Gasteiger partial charge on any atom is -0.497 e. The third-order valence-corrected chi connectivity index (χ3v) is 4.97. The first-order chi connectivity index (χ1) is 11.6. The van der Waals surface area contributed by atoms with E-state index in [2.05, 4.69) is 79.1 Å². The Labute approximate surface area is 157 Å². The van der Waals surface area contributed by atoms with Crippen LogP contribution in [0.4, 0.5) is 0 Å². The van der Waals surface area contributed by atoms with Crippen LogP contribution in [0.2, 0.25) is 0 Å². The molecular formula is C21H27ClN2O. The second kappa shape index (κ2) is 8.30. The van der Waals surface area contributed by atoms with Crippen LogP contribution >= 0.6 is 12.4 Å². The van der Waals surface area contributed by atoms with Crippen LogP contribution in [0, 0.1) is 0 Å². The molecule has 2 aromatic carbocycles. The summed E-state index contributed by atoms with van der Waals surface area (Å²) in [5.41, 5.74) is 5.32. The standard InChI is InChI=1S/C21H26N2O.ClH/c1-16-17(2)23(15-20-11-8-12-21(13-20)24-4)18(3)22(16)14-19-9-6-5-7-10-19;/h5-13,18H,14-15H2,1-4H3;1H. The first-order valence-corrected chi connectivity index (χ1v) is 8.47. The molecule has 0 amide bonds. The zero-order valence-electron chi connectivity index (χ0n) is 15.4. The van der Waals surface area contributed by atoms with Gasteiger partial charge in [0.25, 0.3) is 0 Å². The molecule has 1 heterocycles. The molecular weight excluding hydrogens is 332 g/mol. The number of hydrogen-bond acceptors (Lipinski definition) is 3. The Morgan fingerprint density at radius 2 is 1.40 bits per heavy atom. The molecule has 0 N–H and O–H groups in total. The van der Waals surface area contributed by atoms with Gasteiger partial charge in [0.1, 0.15) is 5.75 Å². The SMILES string of the molecule is COc1cccc(CN2C(C)=C(C)N(Cc3ccccc3)C2C)c1.Cl. The second-order valence-electron chi connectivity index (χ2n) is 6.40. The number of hydrogen-bond donors (Lipinski definition) is 0. The van der Waals surface area contributed by atoms with Crippen LogP contribution < -0.4 is 4.74 Å². The lowest BCUT2D eigenvalue weighted by Gasteiger charge is -2.32. The number of nitrogens with zero attached hydrogens (tertiary/aromatic N) is 2. The van der Waals surface area contributed by atoms with Crippen molar-refractivity contribution in [2.45, 2.75) is 40.0 Å². The first kappa shape index (κ1) is 19.2. The van der Waals surface area contributed by atoms with Crippen molar-refractivity contribution in [3.05, 3.63) is 77.1 Å². The Hall–Kier alpha value is -2.13. The molecule has 0 saturated carbocycles. The fourth-order valence-corrected chi connectivity index (χ4v) is 3.39. The quantitative estimate of drug-likeness (QED) is 0.745. The molecule has 1 atom stereocenters. The van der Waals surface area contributed by atoms with E-state index in [0.29, 0.717) is 6.17 Å². The molecule has 0 fully saturated rings. The second-order valence-corrected chi connectivity index (χ2v) is 6.40. The average molecular weight is 359 g/mol. The predicted molar refractivity (Wildman–Crippen MR) is 106 cm³/mol. The zero-order chi connectivity index (χ0) is 17.1. The molecule has 1 aliphatic rings. The maximum Gasteiger partial charge on any atom is 0.119 e. The van der Waals surface area contributed by atoms with E-state index in [9.17, 15) is 0 Å². The van der Waals surface area contributed by atoms with Crippen LogP contribution in [-0.4, -0.2) is 23.1 Å². The van der Waals surface area contributed by atoms with Gasteiger partial charge in [-0.2, -0.15) is 0 Å². The molecule has 2 aromatic rings. The van der Waals surface area contributed by atoms with Gasteiger partial charge in [-0.05, 0) is 44.0 Å². The molecule has 0 bridgehead atoms. The third-order valence-electron chi connectivity index (χ3n) is 4.97. The zero-order valence-corrected chi connectivity index (χ0v) is 16.2. The van der Waals surface area contributed by atoms with E-state index in [4.69, 9.17) is 4.74 Å². The number of rotatable bonds is 5. The number of benzene rings is 2. The third kappa shape index (κ3) is 4.10. The fraction of sp³-hybridized carbons (Fsp3) is 0.333. The summed E-state index contributed by atoms with van der Waals surface area (Å²) in [5.74, 6) is 0.916. The van der Waals surface area contributed by atoms with Gasteiger partial charge in [-0.1, -0.05) is 42.5 Å². The highest BCUT2D eigenvalue weighted by Crippen LogP contribution is 2.32. The maximum atomic E-state index is 5.35. The van der Waals surface area contributed by atoms with Crippen molar-refractivity contribution in [2.75, 3.05) is 7.11 Å². The topological polar surface area (TPSA) is 15.7 Å². The van der Waals surface area contributed by atoms with Gasteiger partial charge in [-0.3, -0.25) is 0 Å². The molecule has 0 radical (unpaired) electrons. The lowest BCUT2D eigenvalue weighted by molar-refractivity contribution is 0.143. The van der Waals surface area contributed by atoms with Gasteiger partial charge in [0.05, 0.1) is 13.3 Å². The highest BCUT2D eigenvalue weighted by Gasteiger charge is 2.30. The van der Waals surface area contributed by atoms with Crippen molar-refractivity contribution >= 4 is 12.4 Å². The predicted octanol–water partition coefficient (Wildman–Crippen LogP) is 5.03. The summed E-state index contributed by atoms with van der Waals surface area (Å²) in [5, 5.41) is 0. The van der Waals surface area contributed by atoms with Gasteiger partial charge in [-0.15, -0.1) is 12.4 Å². The van der Waals surface area contributed by atoms with E-state index < -0.39 is 0 Å². The van der Waals surface area contributed by atoms with Crippen LogP contribution in [0.3, 0.4) is 0 Å². The fourth-order valence-electron chi connectivity index (χ4n) is 3.39. The van der Waals surface area contributed by atoms with Crippen LogP contribution in [-0.2, 0) is 13.1 Å². The molecule has 4 heteroatoms. The number of allylic oxidation sites excluding steroid dienone is 2. The molecule has 1 unspecified atom stereocenters. The Morgan fingerprint density at radius 1 is 0.840 bits per heavy atom. The van der Waals surface area contributed by atoms with Gasteiger partial charge in [0.15, 0.2) is 0 Å². The highest BCUT2D eigenvalue weighted by atomic mass is 35.5. The minimum atomic E-state index is 0. The number of halogens is 1. The van der Waals surface area contributed by atoms with E-state index in [1.54, 1.807) is 7.11 Å². The summed E-state index contributed by atoms with van der Waals surface area (Å²) in [6.45, 7) is 8.56. The van der Waals surface area contributed by atoms with Crippen LogP contribution in [0.5, 0.6) is 5.75 Å². The highest BCUT2D eigenvalue weighted by molar-refractivity contribution is 5.85. The normalized spacial score (nSPS) is 16.9. The van der Waals surface area contributed by atoms with Crippen molar-refractivity contribution in [1.29, 1.82) is 0 Å². The molecule has 3 rings (SSSR count). The summed E-state index contributed by atoms with van der Waals surface area (Å²) in [6, 6.07) is 19.0. The first-order valence-electron chi connectivity index (χ1n) is 8.47. The molecule has 3 nitrogen and oxygen atoms in total. The Balaban J connectivity index is 0.00000225. The smallest absolute Gasteiger partial charge is 0.119 e. The van der Waals surface area contributed by atoms with Crippen molar-refractivity contribution in [2.24, 2.45) is 0 Å². The van der Waals surface area contributed by atoms with E-state index in [-0.39, 0.29) is 12.4 Å². The van der Waals surface area contributed by atoms with E-state index in [1.165, 1.54) is 22.5 Å². The Bertz CT molecular complexity index is 730. The van der Waals surface area contributed by atoms with E-state index >= 15 is 0 Å². The summed E-state index contributed by atoms with van der Waals surface area (Å²) >= 11 is 0. The van der Waals surface area contributed by atoms with Gasteiger partial charge in [-0.25, -0.2) is 0 Å². The molecule has 0 aliphatic carbocycles. The van der Waals surface area contributed by atoms with E-state index in [0.717, 1.165) is 18.8 Å². The van der Waals surface area contributed by atoms with Crippen molar-refractivity contribution < 1.29 is 4.74 Å². The van der Waals surface area contributed by atoms with Crippen molar-refractivity contribution in [1.82, 2.24) is 9.80 Å². The Kier molecular flexibility index (Phi) is 6.38. The van der Waals surface area contributed by atoms with Crippen molar-refractivity contribution in [3.8, 4) is 5.75 Å². The van der Waals surface area contributed by atoms with Gasteiger partial charge < -0.3 is 14.5 Å². The van der Waals surface area contributed by atoms with Crippen LogP contribution in [0.25, 0.3) is 0 Å². The lowest BCUT2D eigenvalue weighted by Crippen LogP contribution is -2.37. The number of ether oxygens (including phenoxy) is 1. The molecule has 25 heavy (non-hydrogen) atoms. The Morgan fingerprint density at radius 3 is 2.00 bits per heavy atom. The molecule has 134 valence electrons. The average Bonchev–Trinajstić information content (AvgIpc) is 2.81. The summed E-state index contributed by atoms with van der Waals surface area (Å²) in [6.07, 6.45) is 0.344.